The van der Waals surface area contributed by atoms with E-state index < -0.39 is 0 Å². The minimum absolute atomic E-state index is 0.0188. The molecule has 0 saturated carbocycles. The molecule has 1 heterocycles. The molecule has 1 rings (SSSR count). The van der Waals surface area contributed by atoms with E-state index in [1.165, 1.54) is 0 Å². The van der Waals surface area contributed by atoms with E-state index in [-0.39, 0.29) is 5.91 Å². The molecule has 0 spiro atoms. The summed E-state index contributed by atoms with van der Waals surface area (Å²) < 4.78 is 1.74. The van der Waals surface area contributed by atoms with Crippen molar-refractivity contribution in [3.05, 3.63) is 17.5 Å². The van der Waals surface area contributed by atoms with Crippen LogP contribution in [0.5, 0.6) is 0 Å². The summed E-state index contributed by atoms with van der Waals surface area (Å²) >= 11 is 5.62. The first-order valence-electron chi connectivity index (χ1n) is 5.52. The van der Waals surface area contributed by atoms with Gasteiger partial charge in [-0.05, 0) is 19.4 Å². The lowest BCUT2D eigenvalue weighted by Crippen LogP contribution is -2.30. The number of nitrogens with zero attached hydrogens (tertiary/aromatic N) is 3. The number of halogens is 1. The third-order valence-electron chi connectivity index (χ3n) is 2.48. The predicted molar refractivity (Wildman–Crippen MR) is 65.0 cm³/mol. The van der Waals surface area contributed by atoms with Crippen molar-refractivity contribution in [2.45, 2.75) is 26.8 Å². The highest BCUT2D eigenvalue weighted by Crippen LogP contribution is 2.08. The van der Waals surface area contributed by atoms with E-state index in [9.17, 15) is 4.79 Å². The molecule has 0 aliphatic carbocycles. The van der Waals surface area contributed by atoms with Crippen LogP contribution in [0.2, 0.25) is 0 Å². The fraction of sp³-hybridized carbons (Fsp3) is 0.636. The number of rotatable bonds is 5. The van der Waals surface area contributed by atoms with Gasteiger partial charge in [-0.15, -0.1) is 11.6 Å². The molecule has 0 aromatic carbocycles. The largest absolute Gasteiger partial charge is 0.339 e. The van der Waals surface area contributed by atoms with Crippen molar-refractivity contribution in [2.75, 3.05) is 19.5 Å². The van der Waals surface area contributed by atoms with Crippen LogP contribution in [-0.2, 0) is 13.0 Å². The summed E-state index contributed by atoms with van der Waals surface area (Å²) in [6, 6.07) is 1.86. The van der Waals surface area contributed by atoms with Crippen LogP contribution < -0.4 is 0 Å². The number of hydrogen-bond acceptors (Lipinski definition) is 2. The first-order chi connectivity index (χ1) is 7.63. The first kappa shape index (κ1) is 13.0. The van der Waals surface area contributed by atoms with Crippen molar-refractivity contribution in [1.29, 1.82) is 0 Å². The lowest BCUT2D eigenvalue weighted by atomic mass is 10.3. The molecule has 1 aromatic heterocycles. The Labute approximate surface area is 101 Å². The Kier molecular flexibility index (Phi) is 4.80. The van der Waals surface area contributed by atoms with Crippen molar-refractivity contribution in [2.24, 2.45) is 0 Å². The summed E-state index contributed by atoms with van der Waals surface area (Å²) in [5, 5.41) is 4.35. The van der Waals surface area contributed by atoms with Gasteiger partial charge in [0, 0.05) is 26.0 Å². The third kappa shape index (κ3) is 2.76. The maximum atomic E-state index is 12.1. The number of aryl methyl sites for hydroxylation is 2. The van der Waals surface area contributed by atoms with E-state index in [0.29, 0.717) is 24.7 Å². The zero-order valence-corrected chi connectivity index (χ0v) is 10.8. The summed E-state index contributed by atoms with van der Waals surface area (Å²) in [7, 11) is 1.75. The summed E-state index contributed by atoms with van der Waals surface area (Å²) in [5.74, 6) is 0.429. The molecule has 0 aliphatic rings. The maximum Gasteiger partial charge on any atom is 0.271 e. The predicted octanol–water partition coefficient (Wildman–Crippen LogP) is 1.78. The Balaban J connectivity index is 2.93. The highest BCUT2D eigenvalue weighted by molar-refractivity contribution is 6.18. The molecule has 0 aliphatic heterocycles. The van der Waals surface area contributed by atoms with Crippen LogP contribution in [0.1, 0.15) is 30.0 Å². The van der Waals surface area contributed by atoms with E-state index in [1.54, 1.807) is 16.6 Å². The average molecular weight is 244 g/mol. The van der Waals surface area contributed by atoms with Crippen molar-refractivity contribution in [1.82, 2.24) is 14.7 Å². The molecule has 90 valence electrons. The normalized spacial score (nSPS) is 10.5. The minimum atomic E-state index is -0.0188. The third-order valence-corrected chi connectivity index (χ3v) is 2.65. The van der Waals surface area contributed by atoms with Crippen molar-refractivity contribution in [3.8, 4) is 0 Å². The second-order valence-corrected chi connectivity index (χ2v) is 3.98. The average Bonchev–Trinajstić information content (AvgIpc) is 2.71. The van der Waals surface area contributed by atoms with E-state index in [2.05, 4.69) is 5.10 Å². The van der Waals surface area contributed by atoms with Crippen molar-refractivity contribution in [3.63, 3.8) is 0 Å². The fourth-order valence-electron chi connectivity index (χ4n) is 1.48. The second-order valence-electron chi connectivity index (χ2n) is 3.61. The molecular formula is C11H18ClN3O. The van der Waals surface area contributed by atoms with Gasteiger partial charge >= 0.3 is 0 Å². The Morgan fingerprint density at radius 2 is 2.25 bits per heavy atom. The van der Waals surface area contributed by atoms with Crippen molar-refractivity contribution < 1.29 is 4.79 Å². The van der Waals surface area contributed by atoms with Crippen LogP contribution >= 0.6 is 11.6 Å². The van der Waals surface area contributed by atoms with E-state index >= 15 is 0 Å². The second kappa shape index (κ2) is 5.89. The zero-order valence-electron chi connectivity index (χ0n) is 10.0. The maximum absolute atomic E-state index is 12.1. The highest BCUT2D eigenvalue weighted by Gasteiger charge is 2.17. The standard InChI is InChI=1S/C11H18ClN3O/c1-4-9-8-10(15(5-2)13-9)11(16)14(3)7-6-12/h8H,4-7H2,1-3H3. The summed E-state index contributed by atoms with van der Waals surface area (Å²) in [6.45, 7) is 5.26. The molecule has 1 amide bonds. The van der Waals surface area contributed by atoms with E-state index in [4.69, 9.17) is 11.6 Å². The molecule has 16 heavy (non-hydrogen) atoms. The van der Waals surface area contributed by atoms with Gasteiger partial charge in [0.1, 0.15) is 5.69 Å². The van der Waals surface area contributed by atoms with Gasteiger partial charge in [-0.25, -0.2) is 0 Å². The molecule has 5 heteroatoms. The van der Waals surface area contributed by atoms with Crippen LogP contribution in [0.15, 0.2) is 6.07 Å². The van der Waals surface area contributed by atoms with Crippen LogP contribution in [0.25, 0.3) is 0 Å². The lowest BCUT2D eigenvalue weighted by Gasteiger charge is -2.15. The Morgan fingerprint density at radius 3 is 2.75 bits per heavy atom. The van der Waals surface area contributed by atoms with E-state index in [1.807, 2.05) is 19.9 Å². The van der Waals surface area contributed by atoms with Crippen LogP contribution in [-0.4, -0.2) is 40.1 Å². The first-order valence-corrected chi connectivity index (χ1v) is 6.05. The van der Waals surface area contributed by atoms with Gasteiger partial charge in [0.15, 0.2) is 0 Å². The Morgan fingerprint density at radius 1 is 1.56 bits per heavy atom. The van der Waals surface area contributed by atoms with Gasteiger partial charge in [0.25, 0.3) is 5.91 Å². The number of alkyl halides is 1. The molecule has 0 unspecified atom stereocenters. The van der Waals surface area contributed by atoms with Gasteiger partial charge in [0.2, 0.25) is 0 Å². The van der Waals surface area contributed by atoms with Gasteiger partial charge in [-0.1, -0.05) is 6.92 Å². The van der Waals surface area contributed by atoms with Crippen molar-refractivity contribution >= 4 is 17.5 Å². The van der Waals surface area contributed by atoms with Crippen LogP contribution in [0, 0.1) is 0 Å². The number of amides is 1. The Hall–Kier alpha value is -1.03. The van der Waals surface area contributed by atoms with Gasteiger partial charge in [0.05, 0.1) is 5.69 Å². The molecular weight excluding hydrogens is 226 g/mol. The summed E-state index contributed by atoms with van der Waals surface area (Å²) in [5.41, 5.74) is 1.59. The van der Waals surface area contributed by atoms with Crippen LogP contribution in [0.3, 0.4) is 0 Å². The molecule has 0 N–H and O–H groups in total. The number of aromatic nitrogens is 2. The molecule has 0 saturated heterocycles. The minimum Gasteiger partial charge on any atom is -0.339 e. The fourth-order valence-corrected chi connectivity index (χ4v) is 1.73. The molecule has 0 fully saturated rings. The van der Waals surface area contributed by atoms with E-state index in [0.717, 1.165) is 12.1 Å². The number of hydrogen-bond donors (Lipinski definition) is 0. The van der Waals surface area contributed by atoms with Gasteiger partial charge in [-0.3, -0.25) is 9.48 Å². The quantitative estimate of drug-likeness (QED) is 0.740. The molecule has 0 bridgehead atoms. The van der Waals surface area contributed by atoms with Gasteiger partial charge < -0.3 is 4.90 Å². The van der Waals surface area contributed by atoms with Crippen LogP contribution in [0.4, 0.5) is 0 Å². The molecule has 4 nitrogen and oxygen atoms in total. The topological polar surface area (TPSA) is 38.1 Å². The monoisotopic (exact) mass is 243 g/mol. The Bertz CT molecular complexity index is 362. The smallest absolute Gasteiger partial charge is 0.271 e. The highest BCUT2D eigenvalue weighted by atomic mass is 35.5. The number of carbonyl (C=O) groups is 1. The summed E-state index contributed by atoms with van der Waals surface area (Å²) in [4.78, 5) is 13.7. The number of carbonyl (C=O) groups excluding carboxylic acids is 1. The lowest BCUT2D eigenvalue weighted by molar-refractivity contribution is 0.0791. The van der Waals surface area contributed by atoms with Gasteiger partial charge in [-0.2, -0.15) is 5.10 Å². The zero-order chi connectivity index (χ0) is 12.1. The summed E-state index contributed by atoms with van der Waals surface area (Å²) in [6.07, 6.45) is 0.840. The SMILES string of the molecule is CCc1cc(C(=O)N(C)CCCl)n(CC)n1. The molecule has 0 atom stereocenters. The molecule has 0 radical (unpaired) electrons. The molecule has 1 aromatic rings.